The fraction of sp³-hybridized carbons (Fsp3) is 0.500. The Labute approximate surface area is 208 Å². The lowest BCUT2D eigenvalue weighted by Crippen LogP contribution is -2.32. The number of rotatable bonds is 14. The first-order valence-electron chi connectivity index (χ1n) is 10.4. The molecule has 0 saturated heterocycles. The van der Waals surface area contributed by atoms with E-state index in [9.17, 15) is 44.6 Å². The van der Waals surface area contributed by atoms with Gasteiger partial charge in [0.25, 0.3) is 20.2 Å². The quantitative estimate of drug-likeness (QED) is 0.125. The van der Waals surface area contributed by atoms with Gasteiger partial charge in [-0.2, -0.15) is 26.8 Å². The van der Waals surface area contributed by atoms with E-state index in [0.29, 0.717) is 0 Å². The molecule has 0 spiro atoms. The minimum atomic E-state index is -4.79. The summed E-state index contributed by atoms with van der Waals surface area (Å²) in [5.74, 6) is 0.142. The Hall–Kier alpha value is -2.32. The number of aliphatic hydroxyl groups excluding tert-OH is 2. The number of nitrogens with zero attached hydrogens (tertiary/aromatic N) is 4. The van der Waals surface area contributed by atoms with Gasteiger partial charge < -0.3 is 15.1 Å². The molecular formula is C18H27N5O10S3. The van der Waals surface area contributed by atoms with Crippen molar-refractivity contribution in [1.82, 2.24) is 19.7 Å². The summed E-state index contributed by atoms with van der Waals surface area (Å²) in [5.41, 5.74) is -0.231. The second-order valence-electron chi connectivity index (χ2n) is 7.57. The monoisotopic (exact) mass is 569 g/mol. The molecule has 0 fully saturated rings. The zero-order chi connectivity index (χ0) is 27.1. The molecule has 0 unspecified atom stereocenters. The molecule has 0 atom stereocenters. The van der Waals surface area contributed by atoms with E-state index in [1.165, 1.54) is 4.90 Å². The molecule has 0 aliphatic carbocycles. The maximum Gasteiger partial charge on any atom is 0.294 e. The molecule has 2 rings (SSSR count). The van der Waals surface area contributed by atoms with Crippen molar-refractivity contribution < 1.29 is 44.6 Å². The smallest absolute Gasteiger partial charge is 0.294 e. The molecule has 0 amide bonds. The van der Waals surface area contributed by atoms with Crippen LogP contribution in [0, 0.1) is 0 Å². The Morgan fingerprint density at radius 1 is 0.889 bits per heavy atom. The van der Waals surface area contributed by atoms with Crippen LogP contribution in [0.3, 0.4) is 0 Å². The van der Waals surface area contributed by atoms with E-state index in [0.717, 1.165) is 24.5 Å². The van der Waals surface area contributed by atoms with Gasteiger partial charge in [-0.25, -0.2) is 18.1 Å². The largest absolute Gasteiger partial charge is 0.395 e. The van der Waals surface area contributed by atoms with Crippen LogP contribution in [0.15, 0.2) is 28.0 Å². The maximum absolute atomic E-state index is 11.8. The summed E-state index contributed by atoms with van der Waals surface area (Å²) in [6, 6.07) is 2.49. The number of aromatic nitrogens is 3. The summed E-state index contributed by atoms with van der Waals surface area (Å²) < 4.78 is 90.6. The molecule has 5 N–H and O–H groups in total. The van der Waals surface area contributed by atoms with Gasteiger partial charge in [-0.3, -0.25) is 9.11 Å². The molecule has 0 bridgehead atoms. The second kappa shape index (κ2) is 12.3. The molecule has 1 heterocycles. The number of aryl methyl sites for hydroxylation is 1. The molecule has 2 aromatic rings. The van der Waals surface area contributed by atoms with Gasteiger partial charge in [-0.15, -0.1) is 0 Å². The summed E-state index contributed by atoms with van der Waals surface area (Å²) in [6.07, 6.45) is 1.04. The van der Waals surface area contributed by atoms with Gasteiger partial charge in [0.1, 0.15) is 11.6 Å². The fourth-order valence-corrected chi connectivity index (χ4v) is 4.87. The first-order valence-corrected chi connectivity index (χ1v) is 15.1. The minimum absolute atomic E-state index is 0.0218. The van der Waals surface area contributed by atoms with Crippen molar-refractivity contribution in [2.24, 2.45) is 0 Å². The fourth-order valence-electron chi connectivity index (χ4n) is 3.12. The van der Waals surface area contributed by atoms with E-state index in [4.69, 9.17) is 0 Å². The van der Waals surface area contributed by atoms with Crippen molar-refractivity contribution in [3.63, 3.8) is 0 Å². The number of hydrogen-bond acceptors (Lipinski definition) is 12. The third kappa shape index (κ3) is 9.28. The van der Waals surface area contributed by atoms with Crippen LogP contribution in [0.2, 0.25) is 0 Å². The normalized spacial score (nSPS) is 12.6. The summed E-state index contributed by atoms with van der Waals surface area (Å²) in [4.78, 5) is 12.9. The van der Waals surface area contributed by atoms with Gasteiger partial charge in [0.15, 0.2) is 0 Å². The highest BCUT2D eigenvalue weighted by molar-refractivity contribution is 7.88. The van der Waals surface area contributed by atoms with Gasteiger partial charge in [0.2, 0.25) is 16.0 Å². The van der Waals surface area contributed by atoms with E-state index >= 15 is 0 Å². The molecule has 15 nitrogen and oxygen atoms in total. The molecule has 1 aromatic heterocycles. The molecule has 0 radical (unpaired) electrons. The number of aliphatic hydroxyl groups is 2. The lowest BCUT2D eigenvalue weighted by Gasteiger charge is -2.21. The molecule has 0 aliphatic rings. The number of sulfonamides is 1. The summed E-state index contributed by atoms with van der Waals surface area (Å²) in [6.45, 7) is -0.466. The number of benzene rings is 1. The van der Waals surface area contributed by atoms with E-state index in [1.54, 1.807) is 0 Å². The highest BCUT2D eigenvalue weighted by Gasteiger charge is 2.22. The first kappa shape index (κ1) is 29.9. The number of hydrogen-bond donors (Lipinski definition) is 5. The van der Waals surface area contributed by atoms with Gasteiger partial charge in [-0.1, -0.05) is 0 Å². The van der Waals surface area contributed by atoms with E-state index in [1.807, 2.05) is 0 Å². The average Bonchev–Trinajstić information content (AvgIpc) is 2.74. The zero-order valence-electron chi connectivity index (χ0n) is 19.1. The summed E-state index contributed by atoms with van der Waals surface area (Å²) >= 11 is 0. The Morgan fingerprint density at radius 2 is 1.50 bits per heavy atom. The van der Waals surface area contributed by atoms with Crippen LogP contribution >= 0.6 is 0 Å². The molecule has 202 valence electrons. The van der Waals surface area contributed by atoms with Crippen molar-refractivity contribution in [3.05, 3.63) is 35.4 Å². The number of nitrogens with one attached hydrogen (secondary N) is 1. The van der Waals surface area contributed by atoms with Gasteiger partial charge in [-0.05, 0) is 30.2 Å². The maximum atomic E-state index is 11.8. The van der Waals surface area contributed by atoms with Crippen molar-refractivity contribution >= 4 is 36.2 Å². The second-order valence-corrected chi connectivity index (χ2v) is 12.2. The Morgan fingerprint density at radius 3 is 2.03 bits per heavy atom. The first-order chi connectivity index (χ1) is 16.6. The summed E-state index contributed by atoms with van der Waals surface area (Å²) in [7, 11) is -12.9. The highest BCUT2D eigenvalue weighted by atomic mass is 32.2. The molecular weight excluding hydrogens is 542 g/mol. The number of anilines is 1. The van der Waals surface area contributed by atoms with E-state index in [2.05, 4.69) is 19.7 Å². The Kier molecular flexibility index (Phi) is 10.2. The van der Waals surface area contributed by atoms with Crippen LogP contribution in [-0.2, 0) is 43.1 Å². The molecule has 0 aliphatic heterocycles. The van der Waals surface area contributed by atoms with Crippen molar-refractivity contribution in [3.8, 4) is 0 Å². The van der Waals surface area contributed by atoms with Crippen LogP contribution in [0.25, 0.3) is 0 Å². The molecule has 0 saturated carbocycles. The highest BCUT2D eigenvalue weighted by Crippen LogP contribution is 2.23. The molecule has 1 aromatic carbocycles. The van der Waals surface area contributed by atoms with E-state index in [-0.39, 0.29) is 68.9 Å². The SMILES string of the molecule is CS(=O)(=O)NCCCc1nc(Cc2cc(S(=O)(=O)O)ccc2S(=O)(=O)O)nc(N(CCO)CCO)n1. The van der Waals surface area contributed by atoms with Crippen LogP contribution in [0.1, 0.15) is 23.6 Å². The van der Waals surface area contributed by atoms with E-state index < -0.39 is 46.5 Å². The van der Waals surface area contributed by atoms with Crippen molar-refractivity contribution in [2.45, 2.75) is 29.1 Å². The average molecular weight is 570 g/mol. The predicted octanol–water partition coefficient (Wildman–Crippen LogP) is -1.77. The topological polar surface area (TPSA) is 237 Å². The van der Waals surface area contributed by atoms with Crippen LogP contribution in [0.4, 0.5) is 5.95 Å². The summed E-state index contributed by atoms with van der Waals surface area (Å²) in [5, 5.41) is 18.7. The van der Waals surface area contributed by atoms with Crippen LogP contribution in [0.5, 0.6) is 0 Å². The van der Waals surface area contributed by atoms with Gasteiger partial charge in [0, 0.05) is 32.5 Å². The standard InChI is InChI=1S/C18H27N5O10S3/c1-34(26,27)19-6-2-3-16-20-17(22-18(21-16)23(7-9-24)8-10-25)12-13-11-14(35(28,29)30)4-5-15(13)36(31,32)33/h4-5,11,19,24-25H,2-3,6-10,12H2,1H3,(H,28,29,30)(H,31,32,33). The lowest BCUT2D eigenvalue weighted by molar-refractivity contribution is 0.280. The van der Waals surface area contributed by atoms with Crippen molar-refractivity contribution in [1.29, 1.82) is 0 Å². The third-order valence-electron chi connectivity index (χ3n) is 4.64. The van der Waals surface area contributed by atoms with Crippen LogP contribution < -0.4 is 9.62 Å². The van der Waals surface area contributed by atoms with Crippen molar-refractivity contribution in [2.75, 3.05) is 44.0 Å². The lowest BCUT2D eigenvalue weighted by atomic mass is 10.1. The third-order valence-corrected chi connectivity index (χ3v) is 7.17. The molecule has 36 heavy (non-hydrogen) atoms. The van der Waals surface area contributed by atoms with Gasteiger partial charge >= 0.3 is 0 Å². The van der Waals surface area contributed by atoms with Gasteiger partial charge in [0.05, 0.1) is 29.3 Å². The Bertz CT molecular complexity index is 1380. The Balaban J connectivity index is 2.53. The molecule has 18 heteroatoms. The minimum Gasteiger partial charge on any atom is -0.395 e. The zero-order valence-corrected chi connectivity index (χ0v) is 21.6. The van der Waals surface area contributed by atoms with Crippen LogP contribution in [-0.4, -0.2) is 98.6 Å². The predicted molar refractivity (Wildman–Crippen MR) is 126 cm³/mol.